The first-order chi connectivity index (χ1) is 28.3. The number of ether oxygens (including phenoxy) is 2. The average Bonchev–Trinajstić information content (AvgIpc) is 3.25. The molecule has 0 radical (unpaired) electrons. The monoisotopic (exact) mass is 766 g/mol. The van der Waals surface area contributed by atoms with Crippen LogP contribution in [0.5, 0.6) is 11.5 Å². The average molecular weight is 767 g/mol. The predicted molar refractivity (Wildman–Crippen MR) is 224 cm³/mol. The molecule has 0 spiro atoms. The number of nitrogens with zero attached hydrogens (tertiary/aromatic N) is 4. The van der Waals surface area contributed by atoms with E-state index in [1.807, 2.05) is 140 Å². The fourth-order valence-electron chi connectivity index (χ4n) is 6.36. The van der Waals surface area contributed by atoms with Crippen molar-refractivity contribution in [3.05, 3.63) is 191 Å². The Labute approximate surface area is 336 Å². The number of methoxy groups -OCH3 is 1. The van der Waals surface area contributed by atoms with Crippen LogP contribution >= 0.6 is 0 Å². The van der Waals surface area contributed by atoms with Crippen LogP contribution in [0.4, 0.5) is 22.7 Å². The molecule has 0 heterocycles. The summed E-state index contributed by atoms with van der Waals surface area (Å²) in [5.41, 5.74) is 6.38. The molecule has 0 saturated carbocycles. The zero-order valence-electron chi connectivity index (χ0n) is 31.5. The number of benzene rings is 6. The number of nitriles is 2. The van der Waals surface area contributed by atoms with Crippen LogP contribution in [-0.4, -0.2) is 29.3 Å². The van der Waals surface area contributed by atoms with Gasteiger partial charge in [-0.2, -0.15) is 10.5 Å². The first-order valence-electron chi connectivity index (χ1n) is 18.2. The van der Waals surface area contributed by atoms with Crippen LogP contribution in [-0.2, 0) is 29.3 Å². The van der Waals surface area contributed by atoms with Gasteiger partial charge in [-0.1, -0.05) is 91.0 Å². The molecule has 10 heteroatoms. The van der Waals surface area contributed by atoms with Gasteiger partial charge in [0.05, 0.1) is 7.11 Å². The van der Waals surface area contributed by atoms with Gasteiger partial charge >= 0.3 is 11.9 Å². The Hall–Kier alpha value is -8.08. The molecule has 0 aliphatic rings. The molecule has 0 aromatic heterocycles. The van der Waals surface area contributed by atoms with Gasteiger partial charge in [-0.3, -0.25) is 0 Å². The number of hydrogen-bond donors (Lipinski definition) is 2. The van der Waals surface area contributed by atoms with Crippen LogP contribution < -0.4 is 19.3 Å². The van der Waals surface area contributed by atoms with Gasteiger partial charge in [0, 0.05) is 59.1 Å². The highest BCUT2D eigenvalue weighted by Crippen LogP contribution is 2.38. The third-order valence-electron chi connectivity index (χ3n) is 9.14. The van der Waals surface area contributed by atoms with E-state index in [1.54, 1.807) is 24.3 Å². The second-order valence-electron chi connectivity index (χ2n) is 13.1. The van der Waals surface area contributed by atoms with Crippen molar-refractivity contribution in [2.75, 3.05) is 16.9 Å². The molecule has 0 aliphatic heterocycles. The molecular formula is C48H38N4O6. The molecule has 6 aromatic rings. The van der Waals surface area contributed by atoms with Crippen molar-refractivity contribution in [3.63, 3.8) is 0 Å². The molecule has 0 saturated heterocycles. The van der Waals surface area contributed by atoms with E-state index in [-0.39, 0.29) is 6.61 Å². The largest absolute Gasteiger partial charge is 0.496 e. The summed E-state index contributed by atoms with van der Waals surface area (Å²) < 4.78 is 12.1. The normalized spacial score (nSPS) is 11.2. The van der Waals surface area contributed by atoms with Crippen LogP contribution in [0.15, 0.2) is 163 Å². The van der Waals surface area contributed by atoms with Crippen molar-refractivity contribution < 1.29 is 29.3 Å². The summed E-state index contributed by atoms with van der Waals surface area (Å²) in [4.78, 5) is 27.6. The lowest BCUT2D eigenvalue weighted by molar-refractivity contribution is -0.133. The quantitative estimate of drug-likeness (QED) is 0.0721. The number of para-hydroxylation sites is 2. The maximum atomic E-state index is 11.9. The maximum absolute atomic E-state index is 11.9. The summed E-state index contributed by atoms with van der Waals surface area (Å²) in [6, 6.07) is 52.0. The number of anilines is 4. The van der Waals surface area contributed by atoms with Crippen LogP contribution in [0.3, 0.4) is 0 Å². The lowest BCUT2D eigenvalue weighted by Gasteiger charge is -2.27. The summed E-state index contributed by atoms with van der Waals surface area (Å²) >= 11 is 0. The Kier molecular flexibility index (Phi) is 13.0. The molecule has 58 heavy (non-hydrogen) atoms. The molecule has 286 valence electrons. The molecule has 0 aliphatic carbocycles. The molecule has 0 fully saturated rings. The van der Waals surface area contributed by atoms with Crippen LogP contribution in [0, 0.1) is 22.7 Å². The van der Waals surface area contributed by atoms with Gasteiger partial charge in [0.25, 0.3) is 0 Å². The molecule has 2 N–H and O–H groups in total. The lowest BCUT2D eigenvalue weighted by atomic mass is 10.1. The lowest BCUT2D eigenvalue weighted by Crippen LogP contribution is -2.22. The minimum atomic E-state index is -1.34. The van der Waals surface area contributed by atoms with E-state index in [1.165, 1.54) is 19.3 Å². The predicted octanol–water partition coefficient (Wildman–Crippen LogP) is 9.93. The molecule has 0 bridgehead atoms. The maximum Gasteiger partial charge on any atom is 0.346 e. The molecule has 0 atom stereocenters. The number of aliphatic carboxylic acids is 2. The summed E-state index contributed by atoms with van der Waals surface area (Å²) in [5.74, 6) is -1.85. The standard InChI is InChI=1S/C48H38N4O6/c1-57-45-27-43(22-20-37(45)25-39(29-49)47(53)54)51(31-34-12-5-2-6-13-34)32-35-14-11-15-36(24-35)33-58-46-28-44(23-21-38(46)26-40(30-50)48(55)56)52(41-16-7-3-8-17-41)42-18-9-4-10-19-42/h2-28H,31-33H2,1H3,(H,53,54)(H,55,56)/b39-25+,40-26+. The molecule has 6 aromatic carbocycles. The third-order valence-corrected chi connectivity index (χ3v) is 9.14. The number of carboxylic acid groups (broad SMARTS) is 2. The second kappa shape index (κ2) is 19.0. The number of carbonyl (C=O) groups is 2. The van der Waals surface area contributed by atoms with E-state index in [2.05, 4.69) is 9.80 Å². The SMILES string of the molecule is COc1cc(N(Cc2ccccc2)Cc2cccc(COc3cc(N(c4ccccc4)c4ccccc4)ccc3/C=C(\C#N)C(=O)O)c2)ccc1/C=C(\C#N)C(=O)O. The van der Waals surface area contributed by atoms with Gasteiger partial charge in [-0.25, -0.2) is 9.59 Å². The summed E-state index contributed by atoms with van der Waals surface area (Å²) in [6.07, 6.45) is 2.60. The first-order valence-corrected chi connectivity index (χ1v) is 18.2. The molecule has 10 nitrogen and oxygen atoms in total. The number of hydrogen-bond acceptors (Lipinski definition) is 8. The zero-order valence-corrected chi connectivity index (χ0v) is 31.5. The van der Waals surface area contributed by atoms with Gasteiger partial charge in [-0.15, -0.1) is 0 Å². The van der Waals surface area contributed by atoms with E-state index < -0.39 is 23.1 Å². The van der Waals surface area contributed by atoms with E-state index in [4.69, 9.17) is 9.47 Å². The smallest absolute Gasteiger partial charge is 0.346 e. The van der Waals surface area contributed by atoms with E-state index in [0.717, 1.165) is 39.4 Å². The number of carboxylic acids is 2. The molecule has 0 amide bonds. The minimum Gasteiger partial charge on any atom is -0.496 e. The minimum absolute atomic E-state index is 0.141. The van der Waals surface area contributed by atoms with E-state index in [9.17, 15) is 30.3 Å². The van der Waals surface area contributed by atoms with Gasteiger partial charge in [-0.05, 0) is 77.4 Å². The van der Waals surface area contributed by atoms with Crippen molar-refractivity contribution in [1.29, 1.82) is 10.5 Å². The Morgan fingerprint density at radius 1 is 0.569 bits per heavy atom. The second-order valence-corrected chi connectivity index (χ2v) is 13.1. The Balaban J connectivity index is 1.33. The molecular weight excluding hydrogens is 729 g/mol. The van der Waals surface area contributed by atoms with Crippen LogP contribution in [0.25, 0.3) is 12.2 Å². The van der Waals surface area contributed by atoms with E-state index >= 15 is 0 Å². The van der Waals surface area contributed by atoms with E-state index in [0.29, 0.717) is 35.7 Å². The van der Waals surface area contributed by atoms with Gasteiger partial charge in [0.2, 0.25) is 0 Å². The Morgan fingerprint density at radius 3 is 1.60 bits per heavy atom. The highest BCUT2D eigenvalue weighted by molar-refractivity contribution is 5.97. The van der Waals surface area contributed by atoms with Crippen molar-refractivity contribution in [1.82, 2.24) is 0 Å². The summed E-state index contributed by atoms with van der Waals surface area (Å²) in [6.45, 7) is 1.17. The molecule has 6 rings (SSSR count). The van der Waals surface area contributed by atoms with Crippen LogP contribution in [0.1, 0.15) is 27.8 Å². The van der Waals surface area contributed by atoms with Crippen molar-refractivity contribution in [2.24, 2.45) is 0 Å². The number of rotatable bonds is 16. The Morgan fingerprint density at radius 2 is 1.05 bits per heavy atom. The fraction of sp³-hybridized carbons (Fsp3) is 0.0833. The highest BCUT2D eigenvalue weighted by Gasteiger charge is 2.18. The van der Waals surface area contributed by atoms with Gasteiger partial charge in [0.1, 0.15) is 41.4 Å². The van der Waals surface area contributed by atoms with Crippen molar-refractivity contribution in [2.45, 2.75) is 19.7 Å². The molecule has 0 unspecified atom stereocenters. The zero-order chi connectivity index (χ0) is 40.9. The van der Waals surface area contributed by atoms with Gasteiger partial charge in [0.15, 0.2) is 0 Å². The van der Waals surface area contributed by atoms with Crippen molar-refractivity contribution >= 4 is 46.8 Å². The summed E-state index contributed by atoms with van der Waals surface area (Å²) in [5, 5.41) is 38.0. The fourth-order valence-corrected chi connectivity index (χ4v) is 6.36. The summed E-state index contributed by atoms with van der Waals surface area (Å²) in [7, 11) is 1.49. The third kappa shape index (κ3) is 9.96. The Bertz CT molecular complexity index is 2500. The highest BCUT2D eigenvalue weighted by atomic mass is 16.5. The first kappa shape index (κ1) is 39.6. The van der Waals surface area contributed by atoms with Gasteiger partial charge < -0.3 is 29.5 Å². The topological polar surface area (TPSA) is 147 Å². The van der Waals surface area contributed by atoms with Crippen LogP contribution in [0.2, 0.25) is 0 Å². The van der Waals surface area contributed by atoms with Crippen molar-refractivity contribution in [3.8, 4) is 23.6 Å².